The molecule has 14 nitrogen and oxygen atoms in total. The average Bonchev–Trinajstić information content (AvgIpc) is 3.89. The number of fused-ring (bicyclic) bond motifs is 2. The molecule has 2 aliphatic carbocycles. The molecule has 5 atom stereocenters. The van der Waals surface area contributed by atoms with Crippen molar-refractivity contribution in [3.05, 3.63) is 82.0 Å². The maximum absolute atomic E-state index is 13.6. The highest BCUT2D eigenvalue weighted by atomic mass is 16.5. The summed E-state index contributed by atoms with van der Waals surface area (Å²) < 4.78 is 4.77. The number of nitrogens with one attached hydrogen (secondary N) is 4. The summed E-state index contributed by atoms with van der Waals surface area (Å²) in [4.78, 5) is 54.1. The number of rotatable bonds is 15. The zero-order valence-corrected chi connectivity index (χ0v) is 34.2. The molecule has 14 heteroatoms. The van der Waals surface area contributed by atoms with Crippen LogP contribution in [0, 0.1) is 11.8 Å². The van der Waals surface area contributed by atoms with E-state index in [1.807, 2.05) is 32.6 Å². The fraction of sp³-hybridized carbons (Fsp3) is 0.535. The van der Waals surface area contributed by atoms with Crippen molar-refractivity contribution in [2.24, 2.45) is 23.3 Å². The Balaban J connectivity index is 1.26. The summed E-state index contributed by atoms with van der Waals surface area (Å²) in [6.45, 7) is 17.6. The second-order valence-electron chi connectivity index (χ2n) is 16.2. The molecule has 2 fully saturated rings. The number of ether oxygens (including phenoxy) is 1. The standard InChI is InChI=1S/C43H62N8O6/c1-24(2)38(48-42(54)55)40(52)50-16-8-10-36(50)26(5)46-34(22-44)30-14-12-28-19-33-21-31(15-13-29(33)18-32(28)20-30)35(23-45)47-27(6)37-11-9-17-51(37)41(53)39(25(3)4)49-43(56)57-7/h18-22,24-25,35-39,46-48H,5-6,8-17,23,44-45H2,1-4,7H3,(H,49,56)(H,54,55)/b34-22-/t35?,36-,37-,38-,39-/m0/s1. The van der Waals surface area contributed by atoms with Crippen molar-refractivity contribution < 1.29 is 29.0 Å². The first-order valence-electron chi connectivity index (χ1n) is 20.2. The van der Waals surface area contributed by atoms with Crippen molar-refractivity contribution in [1.29, 1.82) is 0 Å². The van der Waals surface area contributed by atoms with E-state index in [9.17, 15) is 24.3 Å². The van der Waals surface area contributed by atoms with E-state index in [0.717, 1.165) is 73.9 Å². The van der Waals surface area contributed by atoms with Gasteiger partial charge in [-0.05, 0) is 103 Å². The molecule has 9 N–H and O–H groups in total. The van der Waals surface area contributed by atoms with Crippen molar-refractivity contribution in [2.75, 3.05) is 26.7 Å². The molecule has 1 unspecified atom stereocenters. The lowest BCUT2D eigenvalue weighted by molar-refractivity contribution is -0.135. The predicted octanol–water partition coefficient (Wildman–Crippen LogP) is 4.33. The van der Waals surface area contributed by atoms with Crippen molar-refractivity contribution >= 4 is 36.2 Å². The number of benzene rings is 1. The van der Waals surface area contributed by atoms with Gasteiger partial charge in [0.05, 0.1) is 30.9 Å². The minimum Gasteiger partial charge on any atom is -0.465 e. The van der Waals surface area contributed by atoms with Gasteiger partial charge in [-0.3, -0.25) is 9.59 Å². The van der Waals surface area contributed by atoms with Crippen LogP contribution in [0.1, 0.15) is 88.5 Å². The van der Waals surface area contributed by atoms with Gasteiger partial charge < -0.3 is 52.4 Å². The highest BCUT2D eigenvalue weighted by molar-refractivity contribution is 5.87. The molecule has 0 radical (unpaired) electrons. The van der Waals surface area contributed by atoms with Gasteiger partial charge in [-0.2, -0.15) is 0 Å². The Hall–Kier alpha value is -5.24. The molecule has 2 saturated heterocycles. The molecule has 310 valence electrons. The summed E-state index contributed by atoms with van der Waals surface area (Å²) in [5.74, 6) is -0.717. The van der Waals surface area contributed by atoms with E-state index in [2.05, 4.69) is 58.7 Å². The van der Waals surface area contributed by atoms with Gasteiger partial charge in [0.2, 0.25) is 11.8 Å². The number of carbonyl (C=O) groups is 4. The number of likely N-dealkylation sites (tertiary alicyclic amines) is 2. The maximum Gasteiger partial charge on any atom is 0.407 e. The second kappa shape index (κ2) is 18.8. The number of hydrogen-bond donors (Lipinski definition) is 7. The van der Waals surface area contributed by atoms with Gasteiger partial charge in [0.1, 0.15) is 12.1 Å². The van der Waals surface area contributed by atoms with Crippen LogP contribution in [0.5, 0.6) is 0 Å². The van der Waals surface area contributed by atoms with Gasteiger partial charge in [0.15, 0.2) is 0 Å². The quantitative estimate of drug-likeness (QED) is 0.134. The van der Waals surface area contributed by atoms with E-state index in [0.29, 0.717) is 25.3 Å². The average molecular weight is 787 g/mol. The van der Waals surface area contributed by atoms with Crippen LogP contribution in [0.4, 0.5) is 9.59 Å². The summed E-state index contributed by atoms with van der Waals surface area (Å²) in [6.07, 6.45) is 10.5. The molecule has 2 heterocycles. The molecule has 5 rings (SSSR count). The fourth-order valence-corrected chi connectivity index (χ4v) is 8.59. The number of carboxylic acid groups (broad SMARTS) is 1. The molecule has 0 aromatic heterocycles. The first-order valence-corrected chi connectivity index (χ1v) is 20.2. The third-order valence-electron chi connectivity index (χ3n) is 11.7. The molecule has 0 saturated carbocycles. The summed E-state index contributed by atoms with van der Waals surface area (Å²) in [5, 5.41) is 21.4. The number of methoxy groups -OCH3 is 1. The lowest BCUT2D eigenvalue weighted by atomic mass is 9.82. The van der Waals surface area contributed by atoms with Gasteiger partial charge >= 0.3 is 12.2 Å². The first kappa shape index (κ1) is 42.9. The van der Waals surface area contributed by atoms with E-state index < -0.39 is 24.3 Å². The lowest BCUT2D eigenvalue weighted by Crippen LogP contribution is -2.54. The van der Waals surface area contributed by atoms with Crippen LogP contribution < -0.4 is 32.7 Å². The summed E-state index contributed by atoms with van der Waals surface area (Å²) in [6, 6.07) is 2.35. The Bertz CT molecular complexity index is 1830. The minimum atomic E-state index is -1.22. The second-order valence-corrected chi connectivity index (χ2v) is 16.2. The summed E-state index contributed by atoms with van der Waals surface area (Å²) >= 11 is 0. The number of alkyl carbamates (subject to hydrolysis) is 1. The summed E-state index contributed by atoms with van der Waals surface area (Å²) in [7, 11) is 1.29. The molecule has 4 aliphatic rings. The van der Waals surface area contributed by atoms with Crippen LogP contribution in [0.15, 0.2) is 59.7 Å². The Morgan fingerprint density at radius 1 is 0.842 bits per heavy atom. The van der Waals surface area contributed by atoms with Crippen LogP contribution in [-0.2, 0) is 27.2 Å². The van der Waals surface area contributed by atoms with E-state index in [1.165, 1.54) is 29.4 Å². The molecule has 4 amide bonds. The number of nitrogens with zero attached hydrogens (tertiary/aromatic N) is 2. The van der Waals surface area contributed by atoms with Gasteiger partial charge in [-0.25, -0.2) is 9.59 Å². The van der Waals surface area contributed by atoms with Crippen molar-refractivity contribution in [2.45, 2.75) is 109 Å². The number of hydrogen-bond acceptors (Lipinski definition) is 9. The predicted molar refractivity (Wildman–Crippen MR) is 222 cm³/mol. The Morgan fingerprint density at radius 3 is 1.91 bits per heavy atom. The van der Waals surface area contributed by atoms with Crippen LogP contribution >= 0.6 is 0 Å². The molecule has 0 spiro atoms. The van der Waals surface area contributed by atoms with Gasteiger partial charge in [-0.15, -0.1) is 0 Å². The first-order chi connectivity index (χ1) is 27.2. The van der Waals surface area contributed by atoms with Crippen LogP contribution in [0.2, 0.25) is 0 Å². The lowest BCUT2D eigenvalue weighted by Gasteiger charge is -2.34. The van der Waals surface area contributed by atoms with Crippen LogP contribution in [0.3, 0.4) is 0 Å². The molecule has 1 aromatic rings. The number of aryl methyl sites for hydroxylation is 2. The maximum atomic E-state index is 13.6. The largest absolute Gasteiger partial charge is 0.465 e. The molecule has 57 heavy (non-hydrogen) atoms. The van der Waals surface area contributed by atoms with Gasteiger partial charge in [0.25, 0.3) is 0 Å². The fourth-order valence-electron chi connectivity index (χ4n) is 8.59. The van der Waals surface area contributed by atoms with Gasteiger partial charge in [0, 0.05) is 37.2 Å². The normalized spacial score (nSPS) is 20.7. The van der Waals surface area contributed by atoms with Crippen molar-refractivity contribution in [3.63, 3.8) is 0 Å². The highest BCUT2D eigenvalue weighted by Gasteiger charge is 2.39. The molecule has 1 aromatic carbocycles. The van der Waals surface area contributed by atoms with Gasteiger partial charge in [-0.1, -0.05) is 59.1 Å². The Morgan fingerprint density at radius 2 is 1.39 bits per heavy atom. The topological polar surface area (TPSA) is 204 Å². The number of carbonyl (C=O) groups excluding carboxylic acids is 3. The molecule has 2 aliphatic heterocycles. The van der Waals surface area contributed by atoms with E-state index in [4.69, 9.17) is 16.2 Å². The number of amides is 4. The monoisotopic (exact) mass is 786 g/mol. The smallest absolute Gasteiger partial charge is 0.407 e. The molecular formula is C43H62N8O6. The Kier molecular flexibility index (Phi) is 14.1. The number of nitrogens with two attached hydrogens (primary N) is 2. The third kappa shape index (κ3) is 9.84. The van der Waals surface area contributed by atoms with E-state index >= 15 is 0 Å². The highest BCUT2D eigenvalue weighted by Crippen LogP contribution is 2.35. The zero-order chi connectivity index (χ0) is 41.6. The van der Waals surface area contributed by atoms with Crippen LogP contribution in [0.25, 0.3) is 12.2 Å². The molecule has 0 bridgehead atoms. The van der Waals surface area contributed by atoms with E-state index in [-0.39, 0.29) is 41.8 Å². The number of allylic oxidation sites excluding steroid dienone is 1. The zero-order valence-electron chi connectivity index (χ0n) is 34.2. The minimum absolute atomic E-state index is 0.117. The summed E-state index contributed by atoms with van der Waals surface area (Å²) in [5.41, 5.74) is 21.7. The van der Waals surface area contributed by atoms with Crippen molar-refractivity contribution in [3.8, 4) is 0 Å². The van der Waals surface area contributed by atoms with E-state index in [1.54, 1.807) is 11.1 Å². The Labute approximate surface area is 336 Å². The van der Waals surface area contributed by atoms with Crippen LogP contribution in [-0.4, -0.2) is 95.9 Å². The van der Waals surface area contributed by atoms with Crippen molar-refractivity contribution in [1.82, 2.24) is 31.1 Å². The molecular weight excluding hydrogens is 725 g/mol. The SMILES string of the molecule is C=C(N/C(=C\N)C1=Cc2cc3c(cc2CC1)C=C(C(CN)NC(=C)[C@@H]1CCCN1C(=O)[C@@H](NC(=O)OC)C(C)C)CC3)[C@@H]1CCCN1C(=O)[C@@H](NC(=O)O)C(C)C. The third-order valence-corrected chi connectivity index (χ3v) is 11.7.